The van der Waals surface area contributed by atoms with Crippen molar-refractivity contribution >= 4 is 14.2 Å². The lowest BCUT2D eigenvalue weighted by molar-refractivity contribution is 0.0749. The van der Waals surface area contributed by atoms with Gasteiger partial charge in [0.1, 0.15) is 6.10 Å². The molecule has 0 aliphatic carbocycles. The lowest BCUT2D eigenvalue weighted by Crippen LogP contribution is -2.16. The summed E-state index contributed by atoms with van der Waals surface area (Å²) in [6.07, 6.45) is 6.59. The first-order valence-electron chi connectivity index (χ1n) is 4.98. The van der Waals surface area contributed by atoms with Crippen LogP contribution in [0.15, 0.2) is 12.2 Å². The average molecular weight is 196 g/mol. The minimum Gasteiger partial charge on any atom is -0.513 e. The number of hydrogen-bond donors (Lipinski definition) is 0. The zero-order valence-corrected chi connectivity index (χ0v) is 8.86. The van der Waals surface area contributed by atoms with Gasteiger partial charge in [0.2, 0.25) is 0 Å². The molecule has 4 heteroatoms. The lowest BCUT2D eigenvalue weighted by atomic mass is 10.1. The zero-order valence-electron chi connectivity index (χ0n) is 8.86. The molecular weight excluding hydrogens is 179 g/mol. The molecule has 0 bridgehead atoms. The molecular formula is C10H17BO3. The van der Waals surface area contributed by atoms with Crippen molar-refractivity contribution in [2.75, 3.05) is 0 Å². The Hall–Kier alpha value is -0.925. The predicted molar refractivity (Wildman–Crippen MR) is 56.1 cm³/mol. The van der Waals surface area contributed by atoms with E-state index in [1.807, 2.05) is 19.1 Å². The molecule has 0 aromatic rings. The Bertz CT molecular complexity index is 180. The Kier molecular flexibility index (Phi) is 8.09. The number of ether oxygens (including phenoxy) is 1. The molecule has 0 heterocycles. The van der Waals surface area contributed by atoms with Crippen LogP contribution in [0.1, 0.15) is 39.5 Å². The summed E-state index contributed by atoms with van der Waals surface area (Å²) < 4.78 is 8.88. The van der Waals surface area contributed by atoms with Crippen LogP contribution in [-0.2, 0) is 9.39 Å². The molecule has 0 aliphatic heterocycles. The fraction of sp³-hybridized carbons (Fsp3) is 0.700. The summed E-state index contributed by atoms with van der Waals surface area (Å²) in [5.41, 5.74) is 0. The summed E-state index contributed by atoms with van der Waals surface area (Å²) in [4.78, 5) is 10.7. The van der Waals surface area contributed by atoms with Gasteiger partial charge in [0.05, 0.1) is 0 Å². The topological polar surface area (TPSA) is 35.5 Å². The van der Waals surface area contributed by atoms with Gasteiger partial charge in [-0.1, -0.05) is 26.3 Å². The van der Waals surface area contributed by atoms with Crippen LogP contribution >= 0.6 is 0 Å². The van der Waals surface area contributed by atoms with Gasteiger partial charge < -0.3 is 9.39 Å². The number of carbonyl (C=O) groups excluding carboxylic acids is 1. The van der Waals surface area contributed by atoms with Crippen molar-refractivity contribution in [3.05, 3.63) is 12.2 Å². The smallest absolute Gasteiger partial charge is 0.489 e. The van der Waals surface area contributed by atoms with Crippen molar-refractivity contribution < 1.29 is 14.2 Å². The van der Waals surface area contributed by atoms with E-state index in [0.717, 1.165) is 25.7 Å². The molecule has 0 fully saturated rings. The average Bonchev–Trinajstić information content (AvgIpc) is 2.21. The van der Waals surface area contributed by atoms with E-state index in [0.29, 0.717) is 0 Å². The van der Waals surface area contributed by atoms with Gasteiger partial charge in [0.25, 0.3) is 0 Å². The molecule has 0 aromatic carbocycles. The van der Waals surface area contributed by atoms with Crippen molar-refractivity contribution in [2.45, 2.75) is 45.6 Å². The van der Waals surface area contributed by atoms with Gasteiger partial charge in [0, 0.05) is 0 Å². The molecule has 2 radical (unpaired) electrons. The maximum atomic E-state index is 10.7. The monoisotopic (exact) mass is 196 g/mol. The maximum Gasteiger partial charge on any atom is 0.489 e. The fourth-order valence-corrected chi connectivity index (χ4v) is 1.04. The molecule has 0 rings (SSSR count). The molecule has 0 saturated heterocycles. The van der Waals surface area contributed by atoms with Crippen LogP contribution in [0.25, 0.3) is 0 Å². The first-order chi connectivity index (χ1) is 6.74. The SMILES string of the molecule is [B]OC(=O)OC(/C=C/CC)CCCC. The molecule has 0 aliphatic rings. The van der Waals surface area contributed by atoms with Crippen molar-refractivity contribution in [1.29, 1.82) is 0 Å². The number of carbonyl (C=O) groups is 1. The van der Waals surface area contributed by atoms with E-state index in [4.69, 9.17) is 4.74 Å². The van der Waals surface area contributed by atoms with E-state index >= 15 is 0 Å². The van der Waals surface area contributed by atoms with Gasteiger partial charge in [-0.3, -0.25) is 0 Å². The van der Waals surface area contributed by atoms with Gasteiger partial charge in [-0.15, -0.1) is 0 Å². The van der Waals surface area contributed by atoms with Crippen LogP contribution in [0.3, 0.4) is 0 Å². The Labute approximate surface area is 86.9 Å². The first kappa shape index (κ1) is 13.1. The van der Waals surface area contributed by atoms with E-state index in [9.17, 15) is 4.79 Å². The number of hydrogen-bond acceptors (Lipinski definition) is 3. The van der Waals surface area contributed by atoms with Crippen LogP contribution in [0, 0.1) is 0 Å². The van der Waals surface area contributed by atoms with E-state index in [-0.39, 0.29) is 6.10 Å². The maximum absolute atomic E-state index is 10.7. The highest BCUT2D eigenvalue weighted by atomic mass is 16.7. The summed E-state index contributed by atoms with van der Waals surface area (Å²) >= 11 is 0. The molecule has 3 nitrogen and oxygen atoms in total. The van der Waals surface area contributed by atoms with Gasteiger partial charge in [-0.2, -0.15) is 0 Å². The van der Waals surface area contributed by atoms with E-state index in [1.165, 1.54) is 0 Å². The highest BCUT2D eigenvalue weighted by Crippen LogP contribution is 2.07. The quantitative estimate of drug-likeness (QED) is 0.372. The van der Waals surface area contributed by atoms with Crippen molar-refractivity contribution in [3.63, 3.8) is 0 Å². The van der Waals surface area contributed by atoms with Crippen molar-refractivity contribution in [1.82, 2.24) is 0 Å². The second kappa shape index (κ2) is 8.66. The minimum absolute atomic E-state index is 0.217. The normalized spacial score (nSPS) is 12.7. The molecule has 1 atom stereocenters. The third-order valence-electron chi connectivity index (χ3n) is 1.77. The Morgan fingerprint density at radius 3 is 2.71 bits per heavy atom. The molecule has 0 aromatic heterocycles. The first-order valence-corrected chi connectivity index (χ1v) is 4.98. The van der Waals surface area contributed by atoms with Crippen LogP contribution in [0.4, 0.5) is 4.79 Å². The van der Waals surface area contributed by atoms with Crippen LogP contribution in [0.2, 0.25) is 0 Å². The fourth-order valence-electron chi connectivity index (χ4n) is 1.04. The third kappa shape index (κ3) is 6.58. The highest BCUT2D eigenvalue weighted by molar-refractivity contribution is 6.04. The Morgan fingerprint density at radius 1 is 1.50 bits per heavy atom. The van der Waals surface area contributed by atoms with Crippen LogP contribution in [0.5, 0.6) is 0 Å². The molecule has 0 N–H and O–H groups in total. The molecule has 0 spiro atoms. The second-order valence-electron chi connectivity index (χ2n) is 3.00. The molecule has 1 unspecified atom stereocenters. The van der Waals surface area contributed by atoms with E-state index in [1.54, 1.807) is 0 Å². The summed E-state index contributed by atoms with van der Waals surface area (Å²) in [6, 6.07) is 0. The molecule has 14 heavy (non-hydrogen) atoms. The highest BCUT2D eigenvalue weighted by Gasteiger charge is 2.09. The minimum atomic E-state index is -0.827. The summed E-state index contributed by atoms with van der Waals surface area (Å²) in [7, 11) is 4.68. The van der Waals surface area contributed by atoms with Crippen molar-refractivity contribution in [3.8, 4) is 0 Å². The summed E-state index contributed by atoms with van der Waals surface area (Å²) in [6.45, 7) is 4.11. The Morgan fingerprint density at radius 2 is 2.21 bits per heavy atom. The third-order valence-corrected chi connectivity index (χ3v) is 1.77. The molecule has 0 amide bonds. The van der Waals surface area contributed by atoms with Gasteiger partial charge in [0.15, 0.2) is 0 Å². The van der Waals surface area contributed by atoms with Crippen molar-refractivity contribution in [2.24, 2.45) is 0 Å². The summed E-state index contributed by atoms with van der Waals surface area (Å²) in [5, 5.41) is 0. The lowest BCUT2D eigenvalue weighted by Gasteiger charge is -2.12. The second-order valence-corrected chi connectivity index (χ2v) is 3.00. The largest absolute Gasteiger partial charge is 0.513 e. The van der Waals surface area contributed by atoms with Gasteiger partial charge >= 0.3 is 14.2 Å². The number of unbranched alkanes of at least 4 members (excludes halogenated alkanes) is 1. The van der Waals surface area contributed by atoms with E-state index in [2.05, 4.69) is 19.6 Å². The number of rotatable bonds is 6. The predicted octanol–water partition coefficient (Wildman–Crippen LogP) is 2.75. The molecule has 0 saturated carbocycles. The van der Waals surface area contributed by atoms with Crippen LogP contribution < -0.4 is 0 Å². The number of allylic oxidation sites excluding steroid dienone is 1. The van der Waals surface area contributed by atoms with Crippen LogP contribution in [-0.4, -0.2) is 20.3 Å². The standard InChI is InChI=1S/C10H17BO3/c1-3-5-7-9(8-6-4-2)13-10(12)14-11/h5,7,9H,3-4,6,8H2,1-2H3/b7-5+. The van der Waals surface area contributed by atoms with Gasteiger partial charge in [-0.25, -0.2) is 4.79 Å². The molecule has 78 valence electrons. The van der Waals surface area contributed by atoms with Gasteiger partial charge in [-0.05, 0) is 25.3 Å². The zero-order chi connectivity index (χ0) is 10.8. The Balaban J connectivity index is 3.96. The summed E-state index contributed by atoms with van der Waals surface area (Å²) in [5.74, 6) is 0. The van der Waals surface area contributed by atoms with E-state index < -0.39 is 6.16 Å².